The zero-order valence-electron chi connectivity index (χ0n) is 8.74. The Morgan fingerprint density at radius 3 is 3.07 bits per heavy atom. The number of piperidine rings is 1. The highest BCUT2D eigenvalue weighted by Crippen LogP contribution is 2.18. The lowest BCUT2D eigenvalue weighted by Gasteiger charge is -2.30. The predicted molar refractivity (Wildman–Crippen MR) is 62.3 cm³/mol. The average Bonchev–Trinajstić information content (AvgIpc) is 2.65. The van der Waals surface area contributed by atoms with Crippen molar-refractivity contribution in [1.29, 1.82) is 0 Å². The van der Waals surface area contributed by atoms with Gasteiger partial charge in [0.2, 0.25) is 4.47 Å². The first-order chi connectivity index (χ1) is 7.25. The molecule has 1 fully saturated rings. The second-order valence-electron chi connectivity index (χ2n) is 3.86. The van der Waals surface area contributed by atoms with E-state index in [4.69, 9.17) is 11.6 Å². The Bertz CT molecular complexity index is 311. The monoisotopic (exact) mass is 246 g/mol. The van der Waals surface area contributed by atoms with Crippen molar-refractivity contribution < 1.29 is 0 Å². The molecule has 0 amide bonds. The summed E-state index contributed by atoms with van der Waals surface area (Å²) in [6.45, 7) is 3.06. The minimum absolute atomic E-state index is 0.528. The number of nitrogens with zero attached hydrogens (tertiary/aromatic N) is 3. The molecule has 1 unspecified atom stereocenters. The zero-order chi connectivity index (χ0) is 10.7. The summed E-state index contributed by atoms with van der Waals surface area (Å²) in [4.78, 5) is 2.32. The van der Waals surface area contributed by atoms with E-state index in [9.17, 15) is 0 Å². The Morgan fingerprint density at radius 2 is 2.47 bits per heavy atom. The van der Waals surface area contributed by atoms with E-state index in [0.717, 1.165) is 24.6 Å². The van der Waals surface area contributed by atoms with Crippen LogP contribution in [-0.4, -0.2) is 41.3 Å². The van der Waals surface area contributed by atoms with Gasteiger partial charge in [0.1, 0.15) is 5.01 Å². The lowest BCUT2D eigenvalue weighted by molar-refractivity contribution is 0.195. The Labute approximate surface area is 98.6 Å². The normalized spacial score (nSPS) is 22.2. The van der Waals surface area contributed by atoms with Gasteiger partial charge in [-0.05, 0) is 38.0 Å². The minimum Gasteiger partial charge on any atom is -0.315 e. The van der Waals surface area contributed by atoms with Crippen LogP contribution < -0.4 is 5.32 Å². The standard InChI is InChI=1S/C9H15ClN4S/c1-14(7-3-2-4-11-5-7)6-8-12-13-9(10)15-8/h7,11H,2-6H2,1H3. The van der Waals surface area contributed by atoms with Gasteiger partial charge >= 0.3 is 0 Å². The van der Waals surface area contributed by atoms with Crippen LogP contribution in [0.25, 0.3) is 0 Å². The van der Waals surface area contributed by atoms with Crippen LogP contribution in [0.1, 0.15) is 17.8 Å². The van der Waals surface area contributed by atoms with Gasteiger partial charge in [-0.25, -0.2) is 0 Å². The van der Waals surface area contributed by atoms with E-state index in [1.807, 2.05) is 0 Å². The van der Waals surface area contributed by atoms with Crippen molar-refractivity contribution in [3.05, 3.63) is 9.47 Å². The molecule has 1 saturated heterocycles. The van der Waals surface area contributed by atoms with Gasteiger partial charge in [-0.1, -0.05) is 11.3 Å². The van der Waals surface area contributed by atoms with E-state index >= 15 is 0 Å². The lowest BCUT2D eigenvalue weighted by Crippen LogP contribution is -2.43. The van der Waals surface area contributed by atoms with Crippen molar-refractivity contribution in [3.63, 3.8) is 0 Å². The van der Waals surface area contributed by atoms with Gasteiger partial charge in [-0.2, -0.15) is 0 Å². The second kappa shape index (κ2) is 5.21. The fourth-order valence-corrected chi connectivity index (χ4v) is 2.78. The molecular formula is C9H15ClN4S. The van der Waals surface area contributed by atoms with Gasteiger partial charge in [0.05, 0.1) is 6.54 Å². The van der Waals surface area contributed by atoms with Crippen molar-refractivity contribution >= 4 is 22.9 Å². The number of rotatable bonds is 3. The molecule has 6 heteroatoms. The Morgan fingerprint density at radius 1 is 1.60 bits per heavy atom. The van der Waals surface area contributed by atoms with E-state index in [1.54, 1.807) is 0 Å². The van der Waals surface area contributed by atoms with Crippen LogP contribution in [0, 0.1) is 0 Å². The van der Waals surface area contributed by atoms with E-state index < -0.39 is 0 Å². The maximum absolute atomic E-state index is 5.74. The molecule has 0 aliphatic carbocycles. The summed E-state index contributed by atoms with van der Waals surface area (Å²) in [7, 11) is 2.13. The van der Waals surface area contributed by atoms with Crippen LogP contribution in [0.4, 0.5) is 0 Å². The van der Waals surface area contributed by atoms with Crippen LogP contribution in [0.2, 0.25) is 4.47 Å². The summed E-state index contributed by atoms with van der Waals surface area (Å²) < 4.78 is 0.528. The molecular weight excluding hydrogens is 232 g/mol. The molecule has 4 nitrogen and oxygen atoms in total. The van der Waals surface area contributed by atoms with Gasteiger partial charge in [0, 0.05) is 12.6 Å². The fourth-order valence-electron chi connectivity index (χ4n) is 1.85. The summed E-state index contributed by atoms with van der Waals surface area (Å²) in [5.41, 5.74) is 0. The van der Waals surface area contributed by atoms with Crippen molar-refractivity contribution in [3.8, 4) is 0 Å². The Kier molecular flexibility index (Phi) is 3.91. The average molecular weight is 247 g/mol. The second-order valence-corrected chi connectivity index (χ2v) is 5.51. The van der Waals surface area contributed by atoms with E-state index in [1.165, 1.54) is 24.2 Å². The third-order valence-corrected chi connectivity index (χ3v) is 3.72. The summed E-state index contributed by atoms with van der Waals surface area (Å²) in [6.07, 6.45) is 2.52. The number of hydrogen-bond acceptors (Lipinski definition) is 5. The first kappa shape index (κ1) is 11.3. The number of hydrogen-bond donors (Lipinski definition) is 1. The van der Waals surface area contributed by atoms with Gasteiger partial charge in [-0.15, -0.1) is 10.2 Å². The first-order valence-corrected chi connectivity index (χ1v) is 6.34. The summed E-state index contributed by atoms with van der Waals surface area (Å²) >= 11 is 7.20. The van der Waals surface area contributed by atoms with Crippen molar-refractivity contribution in [1.82, 2.24) is 20.4 Å². The lowest BCUT2D eigenvalue weighted by atomic mass is 10.1. The SMILES string of the molecule is CN(Cc1nnc(Cl)s1)C1CCCNC1. The largest absolute Gasteiger partial charge is 0.315 e. The molecule has 2 heterocycles. The Hall–Kier alpha value is -0.230. The molecule has 0 radical (unpaired) electrons. The van der Waals surface area contributed by atoms with E-state index in [-0.39, 0.29) is 0 Å². The molecule has 1 aliphatic rings. The van der Waals surface area contributed by atoms with Crippen LogP contribution in [0.15, 0.2) is 0 Å². The van der Waals surface area contributed by atoms with E-state index in [2.05, 4.69) is 27.5 Å². The number of likely N-dealkylation sites (N-methyl/N-ethyl adjacent to an activating group) is 1. The van der Waals surface area contributed by atoms with Gasteiger partial charge in [-0.3, -0.25) is 4.90 Å². The van der Waals surface area contributed by atoms with Crippen LogP contribution in [0.5, 0.6) is 0 Å². The van der Waals surface area contributed by atoms with Crippen LogP contribution >= 0.6 is 22.9 Å². The smallest absolute Gasteiger partial charge is 0.207 e. The molecule has 2 rings (SSSR count). The summed E-state index contributed by atoms with van der Waals surface area (Å²) in [5, 5.41) is 12.2. The molecule has 1 atom stereocenters. The van der Waals surface area contributed by atoms with Gasteiger partial charge in [0.25, 0.3) is 0 Å². The van der Waals surface area contributed by atoms with Gasteiger partial charge < -0.3 is 5.32 Å². The maximum atomic E-state index is 5.74. The molecule has 1 aliphatic heterocycles. The minimum atomic E-state index is 0.528. The van der Waals surface area contributed by atoms with Gasteiger partial charge in [0.15, 0.2) is 0 Å². The van der Waals surface area contributed by atoms with Crippen molar-refractivity contribution in [2.24, 2.45) is 0 Å². The predicted octanol–water partition coefficient (Wildman–Crippen LogP) is 1.38. The van der Waals surface area contributed by atoms with Crippen LogP contribution in [-0.2, 0) is 6.54 Å². The molecule has 84 valence electrons. The topological polar surface area (TPSA) is 41.1 Å². The molecule has 1 aromatic rings. The first-order valence-electron chi connectivity index (χ1n) is 5.14. The third kappa shape index (κ3) is 3.11. The van der Waals surface area contributed by atoms with E-state index in [0.29, 0.717) is 10.5 Å². The van der Waals surface area contributed by atoms with Crippen molar-refractivity contribution in [2.45, 2.75) is 25.4 Å². The fraction of sp³-hybridized carbons (Fsp3) is 0.778. The molecule has 15 heavy (non-hydrogen) atoms. The molecule has 0 saturated carbocycles. The summed E-state index contributed by atoms with van der Waals surface area (Å²) in [5.74, 6) is 0. The van der Waals surface area contributed by atoms with Crippen molar-refractivity contribution in [2.75, 3.05) is 20.1 Å². The summed E-state index contributed by atoms with van der Waals surface area (Å²) in [6, 6.07) is 0.612. The maximum Gasteiger partial charge on any atom is 0.207 e. The quantitative estimate of drug-likeness (QED) is 0.875. The molecule has 0 bridgehead atoms. The molecule has 1 aromatic heterocycles. The molecule has 0 aromatic carbocycles. The molecule has 0 spiro atoms. The number of aromatic nitrogens is 2. The highest BCUT2D eigenvalue weighted by Gasteiger charge is 2.18. The number of halogens is 1. The Balaban J connectivity index is 1.88. The number of nitrogens with one attached hydrogen (secondary N) is 1. The third-order valence-electron chi connectivity index (χ3n) is 2.72. The highest BCUT2D eigenvalue weighted by molar-refractivity contribution is 7.15. The highest BCUT2D eigenvalue weighted by atomic mass is 35.5. The zero-order valence-corrected chi connectivity index (χ0v) is 10.3. The molecule has 1 N–H and O–H groups in total. The van der Waals surface area contributed by atoms with Crippen LogP contribution in [0.3, 0.4) is 0 Å².